The summed E-state index contributed by atoms with van der Waals surface area (Å²) >= 11 is 0. The fourth-order valence-corrected chi connectivity index (χ4v) is 2.26. The molecule has 1 saturated carbocycles. The summed E-state index contributed by atoms with van der Waals surface area (Å²) < 4.78 is 0. The maximum atomic E-state index is 12.0. The Morgan fingerprint density at radius 2 is 2.11 bits per heavy atom. The molecule has 1 aliphatic carbocycles. The van der Waals surface area contributed by atoms with Gasteiger partial charge in [0.25, 0.3) is 5.91 Å². The molecule has 0 atom stereocenters. The van der Waals surface area contributed by atoms with E-state index >= 15 is 0 Å². The minimum absolute atomic E-state index is 0.0198. The average Bonchev–Trinajstić information content (AvgIpc) is 3.11. The quantitative estimate of drug-likeness (QED) is 0.803. The summed E-state index contributed by atoms with van der Waals surface area (Å²) in [4.78, 5) is 12.0. The van der Waals surface area contributed by atoms with Crippen LogP contribution < -0.4 is 11.1 Å². The zero-order valence-corrected chi connectivity index (χ0v) is 11.4. The molecule has 1 aliphatic rings. The van der Waals surface area contributed by atoms with Crippen LogP contribution in [-0.4, -0.2) is 12.5 Å². The molecular weight excluding hydrogens is 224 g/mol. The minimum atomic E-state index is -0.0198. The number of rotatable bonds is 4. The topological polar surface area (TPSA) is 55.1 Å². The number of hydrogen-bond acceptors (Lipinski definition) is 2. The van der Waals surface area contributed by atoms with Gasteiger partial charge in [-0.25, -0.2) is 0 Å². The van der Waals surface area contributed by atoms with Crippen LogP contribution in [-0.2, 0) is 0 Å². The number of aryl methyl sites for hydroxylation is 1. The Bertz CT molecular complexity index is 462. The van der Waals surface area contributed by atoms with E-state index in [4.69, 9.17) is 5.73 Å². The Hall–Kier alpha value is -1.51. The second-order valence-electron chi connectivity index (χ2n) is 5.77. The first-order chi connectivity index (χ1) is 8.44. The van der Waals surface area contributed by atoms with Gasteiger partial charge in [0.05, 0.1) is 0 Å². The molecule has 0 heterocycles. The molecule has 0 saturated heterocycles. The predicted molar refractivity (Wildman–Crippen MR) is 74.4 cm³/mol. The van der Waals surface area contributed by atoms with Crippen molar-refractivity contribution in [2.24, 2.45) is 11.3 Å². The van der Waals surface area contributed by atoms with Crippen LogP contribution in [0.5, 0.6) is 0 Å². The van der Waals surface area contributed by atoms with E-state index < -0.39 is 0 Å². The molecule has 2 rings (SSSR count). The van der Waals surface area contributed by atoms with Crippen molar-refractivity contribution >= 4 is 11.6 Å². The van der Waals surface area contributed by atoms with Gasteiger partial charge in [0.1, 0.15) is 0 Å². The lowest BCUT2D eigenvalue weighted by Crippen LogP contribution is -2.32. The third-order valence-corrected chi connectivity index (χ3v) is 4.26. The molecule has 0 radical (unpaired) electrons. The molecule has 18 heavy (non-hydrogen) atoms. The van der Waals surface area contributed by atoms with Crippen LogP contribution in [0, 0.1) is 18.3 Å². The van der Waals surface area contributed by atoms with Crippen LogP contribution >= 0.6 is 0 Å². The highest BCUT2D eigenvalue weighted by Crippen LogP contribution is 2.51. The largest absolute Gasteiger partial charge is 0.398 e. The molecule has 98 valence electrons. The Morgan fingerprint density at radius 3 is 2.61 bits per heavy atom. The van der Waals surface area contributed by atoms with E-state index in [9.17, 15) is 4.79 Å². The van der Waals surface area contributed by atoms with Crippen LogP contribution in [0.25, 0.3) is 0 Å². The van der Waals surface area contributed by atoms with Crippen molar-refractivity contribution in [2.45, 2.75) is 33.6 Å². The summed E-state index contributed by atoms with van der Waals surface area (Å²) in [5, 5.41) is 3.04. The molecule has 3 N–H and O–H groups in total. The molecular formula is C15H22N2O. The average molecular weight is 246 g/mol. The summed E-state index contributed by atoms with van der Waals surface area (Å²) in [6, 6.07) is 5.47. The summed E-state index contributed by atoms with van der Waals surface area (Å²) in [5.74, 6) is 0.606. The fraction of sp³-hybridized carbons (Fsp3) is 0.533. The molecule has 3 nitrogen and oxygen atoms in total. The highest BCUT2D eigenvalue weighted by Gasteiger charge is 2.45. The Kier molecular flexibility index (Phi) is 3.33. The molecule has 1 fully saturated rings. The Labute approximate surface area is 109 Å². The van der Waals surface area contributed by atoms with Crippen LogP contribution in [0.4, 0.5) is 5.69 Å². The molecule has 1 amide bonds. The van der Waals surface area contributed by atoms with Crippen molar-refractivity contribution in [3.8, 4) is 0 Å². The number of carbonyl (C=O) groups excluding carboxylic acids is 1. The monoisotopic (exact) mass is 246 g/mol. The number of nitrogens with one attached hydrogen (secondary N) is 1. The molecule has 0 aliphatic heterocycles. The minimum Gasteiger partial charge on any atom is -0.398 e. The number of nitrogens with two attached hydrogens (primary N) is 1. The van der Waals surface area contributed by atoms with Crippen LogP contribution in [0.2, 0.25) is 0 Å². The third kappa shape index (κ3) is 2.50. The second-order valence-corrected chi connectivity index (χ2v) is 5.77. The van der Waals surface area contributed by atoms with Crippen molar-refractivity contribution in [1.82, 2.24) is 5.32 Å². The number of nitrogen functional groups attached to an aromatic ring is 1. The molecule has 1 aromatic rings. The van der Waals surface area contributed by atoms with Gasteiger partial charge in [-0.1, -0.05) is 19.9 Å². The Balaban J connectivity index is 1.98. The first-order valence-electron chi connectivity index (χ1n) is 6.59. The van der Waals surface area contributed by atoms with E-state index in [-0.39, 0.29) is 5.91 Å². The second kappa shape index (κ2) is 4.63. The van der Waals surface area contributed by atoms with Crippen LogP contribution in [0.3, 0.4) is 0 Å². The van der Waals surface area contributed by atoms with Gasteiger partial charge in [-0.05, 0) is 48.8 Å². The van der Waals surface area contributed by atoms with E-state index in [1.165, 1.54) is 12.8 Å². The summed E-state index contributed by atoms with van der Waals surface area (Å²) in [6.07, 6.45) is 2.45. The first kappa shape index (κ1) is 12.9. The van der Waals surface area contributed by atoms with E-state index in [0.29, 0.717) is 22.6 Å². The Morgan fingerprint density at radius 1 is 1.44 bits per heavy atom. The van der Waals surface area contributed by atoms with Gasteiger partial charge in [0.2, 0.25) is 0 Å². The first-order valence-corrected chi connectivity index (χ1v) is 6.59. The number of anilines is 1. The zero-order chi connectivity index (χ0) is 13.3. The highest BCUT2D eigenvalue weighted by molar-refractivity contribution is 5.95. The predicted octanol–water partition coefficient (Wildman–Crippen LogP) is 2.74. The third-order valence-electron chi connectivity index (χ3n) is 4.26. The van der Waals surface area contributed by atoms with Crippen molar-refractivity contribution in [3.05, 3.63) is 29.3 Å². The standard InChI is InChI=1S/C15H22N2O/c1-10(2)15(6-7-15)9-17-14(18)12-5-4-11(3)13(16)8-12/h4-5,8,10H,6-7,9,16H2,1-3H3,(H,17,18). The molecule has 1 aromatic carbocycles. The number of hydrogen-bond donors (Lipinski definition) is 2. The van der Waals surface area contributed by atoms with Crippen molar-refractivity contribution in [1.29, 1.82) is 0 Å². The van der Waals surface area contributed by atoms with Crippen molar-refractivity contribution in [3.63, 3.8) is 0 Å². The summed E-state index contributed by atoms with van der Waals surface area (Å²) in [5.41, 5.74) is 8.49. The molecule has 0 spiro atoms. The van der Waals surface area contributed by atoms with Gasteiger partial charge >= 0.3 is 0 Å². The number of benzene rings is 1. The number of amides is 1. The summed E-state index contributed by atoms with van der Waals surface area (Å²) in [7, 11) is 0. The summed E-state index contributed by atoms with van der Waals surface area (Å²) in [6.45, 7) is 7.16. The highest BCUT2D eigenvalue weighted by atomic mass is 16.1. The molecule has 0 bridgehead atoms. The van der Waals surface area contributed by atoms with Gasteiger partial charge in [0, 0.05) is 17.8 Å². The molecule has 3 heteroatoms. The molecule has 0 aromatic heterocycles. The van der Waals surface area contributed by atoms with Gasteiger partial charge in [-0.3, -0.25) is 4.79 Å². The van der Waals surface area contributed by atoms with Crippen molar-refractivity contribution in [2.75, 3.05) is 12.3 Å². The van der Waals surface area contributed by atoms with E-state index in [2.05, 4.69) is 19.2 Å². The van der Waals surface area contributed by atoms with E-state index in [1.807, 2.05) is 19.1 Å². The van der Waals surface area contributed by atoms with Gasteiger partial charge < -0.3 is 11.1 Å². The smallest absolute Gasteiger partial charge is 0.251 e. The van der Waals surface area contributed by atoms with Crippen LogP contribution in [0.15, 0.2) is 18.2 Å². The van der Waals surface area contributed by atoms with Crippen molar-refractivity contribution < 1.29 is 4.79 Å². The van der Waals surface area contributed by atoms with Crippen LogP contribution in [0.1, 0.15) is 42.6 Å². The normalized spacial score (nSPS) is 16.7. The maximum absolute atomic E-state index is 12.0. The lowest BCUT2D eigenvalue weighted by Gasteiger charge is -2.20. The fourth-order valence-electron chi connectivity index (χ4n) is 2.26. The SMILES string of the molecule is Cc1ccc(C(=O)NCC2(C(C)C)CC2)cc1N. The van der Waals surface area contributed by atoms with Gasteiger partial charge in [-0.15, -0.1) is 0 Å². The maximum Gasteiger partial charge on any atom is 0.251 e. The molecule has 0 unspecified atom stereocenters. The van der Waals surface area contributed by atoms with E-state index in [1.54, 1.807) is 6.07 Å². The number of carbonyl (C=O) groups is 1. The lowest BCUT2D eigenvalue weighted by molar-refractivity contribution is 0.0940. The van der Waals surface area contributed by atoms with Gasteiger partial charge in [0.15, 0.2) is 0 Å². The van der Waals surface area contributed by atoms with Gasteiger partial charge in [-0.2, -0.15) is 0 Å². The lowest BCUT2D eigenvalue weighted by atomic mass is 9.92. The zero-order valence-electron chi connectivity index (χ0n) is 11.4. The van der Waals surface area contributed by atoms with E-state index in [0.717, 1.165) is 12.1 Å².